The van der Waals surface area contributed by atoms with Gasteiger partial charge in [-0.1, -0.05) is 13.3 Å². The van der Waals surface area contributed by atoms with Crippen LogP contribution in [-0.4, -0.2) is 57.6 Å². The molecule has 0 spiro atoms. The van der Waals surface area contributed by atoms with Crippen molar-refractivity contribution in [2.45, 2.75) is 45.7 Å². The first-order chi connectivity index (χ1) is 11.6. The van der Waals surface area contributed by atoms with Gasteiger partial charge in [0.15, 0.2) is 5.65 Å². The van der Waals surface area contributed by atoms with Crippen LogP contribution in [0.15, 0.2) is 12.3 Å². The first kappa shape index (κ1) is 17.3. The van der Waals surface area contributed by atoms with E-state index in [0.29, 0.717) is 5.65 Å². The molecule has 1 fully saturated rings. The molecule has 3 rings (SSSR count). The zero-order valence-corrected chi connectivity index (χ0v) is 15.0. The van der Waals surface area contributed by atoms with E-state index in [1.807, 2.05) is 0 Å². The Morgan fingerprint density at radius 1 is 1.21 bits per heavy atom. The van der Waals surface area contributed by atoms with Gasteiger partial charge in [0.05, 0.1) is 17.8 Å². The van der Waals surface area contributed by atoms with E-state index in [4.69, 9.17) is 4.98 Å². The molecule has 6 heteroatoms. The number of rotatable bonds is 5. The lowest BCUT2D eigenvalue weighted by Gasteiger charge is -2.30. The molecule has 0 bridgehead atoms. The summed E-state index contributed by atoms with van der Waals surface area (Å²) in [6.45, 7) is 9.46. The summed E-state index contributed by atoms with van der Waals surface area (Å²) in [6, 6.07) is 1.83. The lowest BCUT2D eigenvalue weighted by Crippen LogP contribution is -2.34. The molecule has 5 nitrogen and oxygen atoms in total. The highest BCUT2D eigenvalue weighted by Crippen LogP contribution is 2.29. The van der Waals surface area contributed by atoms with Crippen molar-refractivity contribution in [1.82, 2.24) is 24.3 Å². The standard InChI is InChI=1S/C18H28FN5/c1-4-7-15(23-9-6-8-22(3)10-11-23)18-21-17-16(24(18)5-2)12-14(19)13-20-17/h12-13,15H,4-11H2,1-3H3. The third-order valence-electron chi connectivity index (χ3n) is 4.97. The smallest absolute Gasteiger partial charge is 0.178 e. The van der Waals surface area contributed by atoms with Gasteiger partial charge in [-0.25, -0.2) is 14.4 Å². The molecule has 3 heterocycles. The fourth-order valence-corrected chi connectivity index (χ4v) is 3.71. The summed E-state index contributed by atoms with van der Waals surface area (Å²) in [5.74, 6) is 0.740. The maximum absolute atomic E-state index is 13.6. The Kier molecular flexibility index (Phi) is 5.46. The number of hydrogen-bond acceptors (Lipinski definition) is 4. The van der Waals surface area contributed by atoms with Crippen molar-refractivity contribution in [3.8, 4) is 0 Å². The van der Waals surface area contributed by atoms with Gasteiger partial charge in [0.1, 0.15) is 11.6 Å². The van der Waals surface area contributed by atoms with Crippen LogP contribution in [0.1, 0.15) is 45.0 Å². The predicted molar refractivity (Wildman–Crippen MR) is 94.5 cm³/mol. The summed E-state index contributed by atoms with van der Waals surface area (Å²) >= 11 is 0. The highest BCUT2D eigenvalue weighted by molar-refractivity contribution is 5.71. The Hall–Kier alpha value is -1.53. The minimum Gasteiger partial charge on any atom is -0.325 e. The van der Waals surface area contributed by atoms with Crippen LogP contribution >= 0.6 is 0 Å². The van der Waals surface area contributed by atoms with Gasteiger partial charge in [0.25, 0.3) is 0 Å². The molecule has 1 saturated heterocycles. The maximum atomic E-state index is 13.6. The average Bonchev–Trinajstić information content (AvgIpc) is 2.78. The molecule has 2 aromatic rings. The van der Waals surface area contributed by atoms with Gasteiger partial charge in [-0.2, -0.15) is 0 Å². The Bertz CT molecular complexity index is 683. The number of pyridine rings is 1. The van der Waals surface area contributed by atoms with Crippen LogP contribution in [0.3, 0.4) is 0 Å². The van der Waals surface area contributed by atoms with Crippen LogP contribution in [0.25, 0.3) is 11.2 Å². The normalized spacial score (nSPS) is 18.8. The number of fused-ring (bicyclic) bond motifs is 1. The molecule has 0 aromatic carbocycles. The predicted octanol–water partition coefficient (Wildman–Crippen LogP) is 3.07. The van der Waals surface area contributed by atoms with E-state index < -0.39 is 0 Å². The van der Waals surface area contributed by atoms with Gasteiger partial charge < -0.3 is 9.47 Å². The largest absolute Gasteiger partial charge is 0.325 e. The summed E-state index contributed by atoms with van der Waals surface area (Å²) in [5.41, 5.74) is 1.46. The monoisotopic (exact) mass is 333 g/mol. The quantitative estimate of drug-likeness (QED) is 0.843. The fraction of sp³-hybridized carbons (Fsp3) is 0.667. The van der Waals surface area contributed by atoms with Gasteiger partial charge in [-0.15, -0.1) is 0 Å². The number of imidazole rings is 1. The van der Waals surface area contributed by atoms with Crippen molar-refractivity contribution in [3.05, 3.63) is 23.9 Å². The van der Waals surface area contributed by atoms with Crippen molar-refractivity contribution in [3.63, 3.8) is 0 Å². The maximum Gasteiger partial charge on any atom is 0.178 e. The summed E-state index contributed by atoms with van der Waals surface area (Å²) < 4.78 is 15.8. The van der Waals surface area contributed by atoms with Crippen molar-refractivity contribution in [2.75, 3.05) is 33.2 Å². The zero-order valence-electron chi connectivity index (χ0n) is 15.0. The third-order valence-corrected chi connectivity index (χ3v) is 4.97. The van der Waals surface area contributed by atoms with E-state index >= 15 is 0 Å². The van der Waals surface area contributed by atoms with Crippen LogP contribution in [0.5, 0.6) is 0 Å². The molecule has 0 saturated carbocycles. The Morgan fingerprint density at radius 3 is 2.79 bits per heavy atom. The highest BCUT2D eigenvalue weighted by atomic mass is 19.1. The molecule has 1 aliphatic heterocycles. The van der Waals surface area contributed by atoms with E-state index in [-0.39, 0.29) is 11.9 Å². The number of aromatic nitrogens is 3. The first-order valence-corrected chi connectivity index (χ1v) is 9.08. The topological polar surface area (TPSA) is 37.2 Å². The SMILES string of the molecule is CCCC(c1nc2ncc(F)cc2n1CC)N1CCCN(C)CC1. The second kappa shape index (κ2) is 7.57. The Labute approximate surface area is 143 Å². The van der Waals surface area contributed by atoms with E-state index in [2.05, 4.69) is 40.2 Å². The molecule has 132 valence electrons. The van der Waals surface area contributed by atoms with Crippen LogP contribution in [0.4, 0.5) is 4.39 Å². The lowest BCUT2D eigenvalue weighted by molar-refractivity contribution is 0.182. The number of halogens is 1. The summed E-state index contributed by atoms with van der Waals surface area (Å²) in [7, 11) is 2.19. The molecule has 1 atom stereocenters. The minimum absolute atomic E-state index is 0.277. The van der Waals surface area contributed by atoms with Crippen LogP contribution in [0, 0.1) is 5.82 Å². The molecule has 0 amide bonds. The van der Waals surface area contributed by atoms with E-state index in [1.54, 1.807) is 6.07 Å². The first-order valence-electron chi connectivity index (χ1n) is 9.08. The van der Waals surface area contributed by atoms with Crippen molar-refractivity contribution in [1.29, 1.82) is 0 Å². The molecule has 0 N–H and O–H groups in total. The summed E-state index contributed by atoms with van der Waals surface area (Å²) in [6.07, 6.45) is 4.60. The Balaban J connectivity index is 2.00. The number of likely N-dealkylation sites (N-methyl/N-ethyl adjacent to an activating group) is 1. The van der Waals surface area contributed by atoms with Crippen LogP contribution in [0.2, 0.25) is 0 Å². The van der Waals surface area contributed by atoms with Crippen molar-refractivity contribution >= 4 is 11.2 Å². The number of nitrogens with zero attached hydrogens (tertiary/aromatic N) is 5. The average molecular weight is 333 g/mol. The van der Waals surface area contributed by atoms with Gasteiger partial charge >= 0.3 is 0 Å². The van der Waals surface area contributed by atoms with Crippen LogP contribution < -0.4 is 0 Å². The molecular formula is C18H28FN5. The van der Waals surface area contributed by atoms with Crippen LogP contribution in [-0.2, 0) is 6.54 Å². The van der Waals surface area contributed by atoms with Gasteiger partial charge in [0.2, 0.25) is 0 Å². The molecule has 0 radical (unpaired) electrons. The third kappa shape index (κ3) is 3.44. The highest BCUT2D eigenvalue weighted by Gasteiger charge is 2.27. The molecule has 0 aliphatic carbocycles. The number of hydrogen-bond donors (Lipinski definition) is 0. The second-order valence-corrected chi connectivity index (χ2v) is 6.71. The molecule has 1 aliphatic rings. The summed E-state index contributed by atoms with van der Waals surface area (Å²) in [5, 5.41) is 0. The van der Waals surface area contributed by atoms with E-state index in [0.717, 1.165) is 56.9 Å². The summed E-state index contributed by atoms with van der Waals surface area (Å²) in [4.78, 5) is 13.9. The molecule has 1 unspecified atom stereocenters. The second-order valence-electron chi connectivity index (χ2n) is 6.71. The molecule has 2 aromatic heterocycles. The van der Waals surface area contributed by atoms with Crippen molar-refractivity contribution in [2.24, 2.45) is 0 Å². The molecular weight excluding hydrogens is 305 g/mol. The van der Waals surface area contributed by atoms with E-state index in [9.17, 15) is 4.39 Å². The Morgan fingerprint density at radius 2 is 2.04 bits per heavy atom. The minimum atomic E-state index is -0.299. The van der Waals surface area contributed by atoms with Gasteiger partial charge in [-0.05, 0) is 33.4 Å². The van der Waals surface area contributed by atoms with E-state index in [1.165, 1.54) is 12.6 Å². The zero-order chi connectivity index (χ0) is 17.1. The van der Waals surface area contributed by atoms with Gasteiger partial charge in [0, 0.05) is 32.2 Å². The van der Waals surface area contributed by atoms with Gasteiger partial charge in [-0.3, -0.25) is 4.90 Å². The fourth-order valence-electron chi connectivity index (χ4n) is 3.71. The lowest BCUT2D eigenvalue weighted by atomic mass is 10.1. The van der Waals surface area contributed by atoms with Crippen molar-refractivity contribution < 1.29 is 4.39 Å². The number of aryl methyl sites for hydroxylation is 1. The molecule has 24 heavy (non-hydrogen) atoms.